The fourth-order valence-electron chi connectivity index (χ4n) is 2.66. The van der Waals surface area contributed by atoms with E-state index in [4.69, 9.17) is 4.74 Å². The number of nitrogens with zero attached hydrogens (tertiary/aromatic N) is 2. The summed E-state index contributed by atoms with van der Waals surface area (Å²) in [6, 6.07) is 16.1. The molecule has 0 radical (unpaired) electrons. The first-order valence-corrected chi connectivity index (χ1v) is 8.44. The Labute approximate surface area is 144 Å². The summed E-state index contributed by atoms with van der Waals surface area (Å²) in [6.45, 7) is 4.87. The standard InChI is InChI=1S/C21H22N2O/c1-3-5-6-16-9-12-19(21(15-23)20(16)14-22)17-7-10-18(11-8-17)24-13-4-2/h7-12H,3-6,13H2,1-2H3. The summed E-state index contributed by atoms with van der Waals surface area (Å²) in [7, 11) is 0. The van der Waals surface area contributed by atoms with Gasteiger partial charge in [0.05, 0.1) is 17.7 Å². The first-order chi connectivity index (χ1) is 11.7. The molecule has 0 aliphatic heterocycles. The van der Waals surface area contributed by atoms with E-state index in [1.54, 1.807) is 0 Å². The number of benzene rings is 2. The third-order valence-corrected chi connectivity index (χ3v) is 3.95. The molecule has 2 aromatic rings. The molecule has 0 heterocycles. The number of rotatable bonds is 7. The zero-order chi connectivity index (χ0) is 17.4. The smallest absolute Gasteiger partial charge is 0.119 e. The van der Waals surface area contributed by atoms with Crippen molar-refractivity contribution >= 4 is 0 Å². The highest BCUT2D eigenvalue weighted by Gasteiger charge is 2.14. The van der Waals surface area contributed by atoms with Gasteiger partial charge in [0.25, 0.3) is 0 Å². The van der Waals surface area contributed by atoms with Crippen LogP contribution in [0.4, 0.5) is 0 Å². The van der Waals surface area contributed by atoms with Gasteiger partial charge in [-0.3, -0.25) is 0 Å². The van der Waals surface area contributed by atoms with E-state index in [0.717, 1.165) is 48.1 Å². The lowest BCUT2D eigenvalue weighted by molar-refractivity contribution is 0.317. The van der Waals surface area contributed by atoms with E-state index in [1.165, 1.54) is 0 Å². The van der Waals surface area contributed by atoms with Gasteiger partial charge in [0.2, 0.25) is 0 Å². The van der Waals surface area contributed by atoms with Crippen molar-refractivity contribution < 1.29 is 4.74 Å². The second-order valence-electron chi connectivity index (χ2n) is 5.72. The lowest BCUT2D eigenvalue weighted by Crippen LogP contribution is -1.98. The van der Waals surface area contributed by atoms with Crippen LogP contribution in [0.3, 0.4) is 0 Å². The Morgan fingerprint density at radius 1 is 0.875 bits per heavy atom. The second kappa shape index (κ2) is 8.75. The van der Waals surface area contributed by atoms with Crippen molar-refractivity contribution in [1.29, 1.82) is 10.5 Å². The number of ether oxygens (including phenoxy) is 1. The average molecular weight is 318 g/mol. The van der Waals surface area contributed by atoms with Crippen LogP contribution in [-0.2, 0) is 6.42 Å². The summed E-state index contributed by atoms with van der Waals surface area (Å²) >= 11 is 0. The van der Waals surface area contributed by atoms with Gasteiger partial charge in [-0.05, 0) is 42.5 Å². The minimum absolute atomic E-state index is 0.466. The van der Waals surface area contributed by atoms with Crippen molar-refractivity contribution in [3.05, 3.63) is 53.1 Å². The SMILES string of the molecule is CCCCc1ccc(-c2ccc(OCCC)cc2)c(C#N)c1C#N. The monoisotopic (exact) mass is 318 g/mol. The summed E-state index contributed by atoms with van der Waals surface area (Å²) in [5.41, 5.74) is 3.66. The van der Waals surface area contributed by atoms with Crippen LogP contribution in [0.1, 0.15) is 49.8 Å². The molecule has 0 unspecified atom stereocenters. The minimum atomic E-state index is 0.466. The molecule has 0 bridgehead atoms. The number of nitriles is 2. The molecule has 2 aromatic carbocycles. The van der Waals surface area contributed by atoms with Gasteiger partial charge in [0.15, 0.2) is 0 Å². The Bertz CT molecular complexity index is 764. The molecule has 0 aromatic heterocycles. The lowest BCUT2D eigenvalue weighted by Gasteiger charge is -2.11. The summed E-state index contributed by atoms with van der Waals surface area (Å²) in [6.07, 6.45) is 3.87. The molecule has 0 amide bonds. The Morgan fingerprint density at radius 2 is 1.58 bits per heavy atom. The van der Waals surface area contributed by atoms with Crippen molar-refractivity contribution in [2.45, 2.75) is 39.5 Å². The summed E-state index contributed by atoms with van der Waals surface area (Å²) in [5.74, 6) is 0.819. The van der Waals surface area contributed by atoms with Gasteiger partial charge in [-0.15, -0.1) is 0 Å². The zero-order valence-corrected chi connectivity index (χ0v) is 14.3. The Balaban J connectivity index is 2.40. The Kier molecular flexibility index (Phi) is 6.41. The average Bonchev–Trinajstić information content (AvgIpc) is 2.64. The zero-order valence-electron chi connectivity index (χ0n) is 14.3. The molecule has 2 rings (SSSR count). The van der Waals surface area contributed by atoms with E-state index >= 15 is 0 Å². The van der Waals surface area contributed by atoms with Crippen molar-refractivity contribution in [1.82, 2.24) is 0 Å². The van der Waals surface area contributed by atoms with Gasteiger partial charge in [-0.25, -0.2) is 0 Å². The van der Waals surface area contributed by atoms with E-state index in [9.17, 15) is 10.5 Å². The molecule has 0 N–H and O–H groups in total. The van der Waals surface area contributed by atoms with Crippen LogP contribution >= 0.6 is 0 Å². The van der Waals surface area contributed by atoms with Crippen LogP contribution in [0.15, 0.2) is 36.4 Å². The normalized spacial score (nSPS) is 10.0. The molecule has 3 heteroatoms. The molecule has 0 aliphatic rings. The molecule has 0 saturated carbocycles. The maximum Gasteiger partial charge on any atom is 0.119 e. The van der Waals surface area contributed by atoms with Gasteiger partial charge >= 0.3 is 0 Å². The number of hydrogen-bond acceptors (Lipinski definition) is 3. The van der Waals surface area contributed by atoms with Gasteiger partial charge < -0.3 is 4.74 Å². The topological polar surface area (TPSA) is 56.8 Å². The van der Waals surface area contributed by atoms with E-state index < -0.39 is 0 Å². The third-order valence-electron chi connectivity index (χ3n) is 3.95. The summed E-state index contributed by atoms with van der Waals surface area (Å²) < 4.78 is 5.59. The molecule has 0 fully saturated rings. The molecular formula is C21H22N2O. The predicted molar refractivity (Wildman–Crippen MR) is 95.7 cm³/mol. The highest BCUT2D eigenvalue weighted by molar-refractivity contribution is 5.75. The predicted octanol–water partition coefficient (Wildman–Crippen LogP) is 5.23. The van der Waals surface area contributed by atoms with Crippen LogP contribution in [0, 0.1) is 22.7 Å². The van der Waals surface area contributed by atoms with Crippen LogP contribution < -0.4 is 4.74 Å². The van der Waals surface area contributed by atoms with E-state index in [2.05, 4.69) is 26.0 Å². The molecule has 0 spiro atoms. The van der Waals surface area contributed by atoms with E-state index in [1.807, 2.05) is 36.4 Å². The maximum atomic E-state index is 9.59. The summed E-state index contributed by atoms with van der Waals surface area (Å²) in [5, 5.41) is 19.1. The van der Waals surface area contributed by atoms with Crippen molar-refractivity contribution in [3.8, 4) is 29.0 Å². The maximum absolute atomic E-state index is 9.59. The van der Waals surface area contributed by atoms with Crippen molar-refractivity contribution in [2.75, 3.05) is 6.61 Å². The first-order valence-electron chi connectivity index (χ1n) is 8.44. The quantitative estimate of drug-likeness (QED) is 0.702. The highest BCUT2D eigenvalue weighted by atomic mass is 16.5. The molecule has 122 valence electrons. The molecular weight excluding hydrogens is 296 g/mol. The molecule has 0 atom stereocenters. The Morgan fingerprint density at radius 3 is 2.17 bits per heavy atom. The van der Waals surface area contributed by atoms with Gasteiger partial charge in [0, 0.05) is 5.56 Å². The van der Waals surface area contributed by atoms with Gasteiger partial charge in [-0.1, -0.05) is 44.5 Å². The number of unbranched alkanes of at least 4 members (excludes halogenated alkanes) is 1. The van der Waals surface area contributed by atoms with E-state index in [-0.39, 0.29) is 0 Å². The highest BCUT2D eigenvalue weighted by Crippen LogP contribution is 2.30. The third kappa shape index (κ3) is 3.94. The van der Waals surface area contributed by atoms with Crippen LogP contribution in [0.5, 0.6) is 5.75 Å². The fraction of sp³-hybridized carbons (Fsp3) is 0.333. The Hall–Kier alpha value is -2.78. The first kappa shape index (κ1) is 17.6. The molecule has 3 nitrogen and oxygen atoms in total. The molecule has 0 aliphatic carbocycles. The lowest BCUT2D eigenvalue weighted by atomic mass is 9.91. The summed E-state index contributed by atoms with van der Waals surface area (Å²) in [4.78, 5) is 0. The molecule has 0 saturated heterocycles. The number of aryl methyl sites for hydroxylation is 1. The molecule has 24 heavy (non-hydrogen) atoms. The van der Waals surface area contributed by atoms with Gasteiger partial charge in [-0.2, -0.15) is 10.5 Å². The van der Waals surface area contributed by atoms with Crippen LogP contribution in [-0.4, -0.2) is 6.61 Å². The largest absolute Gasteiger partial charge is 0.494 e. The van der Waals surface area contributed by atoms with Crippen LogP contribution in [0.2, 0.25) is 0 Å². The number of hydrogen-bond donors (Lipinski definition) is 0. The second-order valence-corrected chi connectivity index (χ2v) is 5.72. The van der Waals surface area contributed by atoms with Crippen molar-refractivity contribution in [3.63, 3.8) is 0 Å². The van der Waals surface area contributed by atoms with Crippen LogP contribution in [0.25, 0.3) is 11.1 Å². The fourth-order valence-corrected chi connectivity index (χ4v) is 2.66. The minimum Gasteiger partial charge on any atom is -0.494 e. The van der Waals surface area contributed by atoms with Gasteiger partial charge in [0.1, 0.15) is 17.9 Å². The van der Waals surface area contributed by atoms with E-state index in [0.29, 0.717) is 17.7 Å². The van der Waals surface area contributed by atoms with Crippen molar-refractivity contribution in [2.24, 2.45) is 0 Å².